The molecule has 0 aliphatic rings. The van der Waals surface area contributed by atoms with Crippen molar-refractivity contribution >= 4 is 5.97 Å². The summed E-state index contributed by atoms with van der Waals surface area (Å²) in [6.45, 7) is 23.2. The lowest BCUT2D eigenvalue weighted by atomic mass is 9.61. The Balaban J connectivity index is 4.95. The first-order valence-electron chi connectivity index (χ1n) is 9.49. The van der Waals surface area contributed by atoms with Crippen molar-refractivity contribution in [1.82, 2.24) is 0 Å². The van der Waals surface area contributed by atoms with Crippen molar-refractivity contribution in [2.24, 2.45) is 16.2 Å². The Bertz CT molecular complexity index is 389. The number of hydrogen-bond donors (Lipinski definition) is 0. The normalized spacial score (nSPS) is 19.3. The molecular weight excluding hydrogens is 300 g/mol. The maximum absolute atomic E-state index is 13.0. The molecule has 0 aromatic carbocycles. The quantitative estimate of drug-likeness (QED) is 0.507. The molecule has 0 rings (SSSR count). The van der Waals surface area contributed by atoms with Gasteiger partial charge in [0, 0.05) is 6.42 Å². The first kappa shape index (κ1) is 23.4. The average Bonchev–Trinajstić information content (AvgIpc) is 2.34. The van der Waals surface area contributed by atoms with Crippen molar-refractivity contribution in [3.8, 4) is 0 Å². The maximum Gasteiger partial charge on any atom is 0.312 e. The molecule has 0 heterocycles. The van der Waals surface area contributed by atoms with Crippen LogP contribution in [-0.4, -0.2) is 24.3 Å². The molecule has 3 nitrogen and oxygen atoms in total. The molecule has 3 heteroatoms. The summed E-state index contributed by atoms with van der Waals surface area (Å²) < 4.78 is 11.7. The van der Waals surface area contributed by atoms with Crippen LogP contribution in [0.3, 0.4) is 0 Å². The highest BCUT2D eigenvalue weighted by molar-refractivity contribution is 5.77. The lowest BCUT2D eigenvalue weighted by molar-refractivity contribution is -0.171. The fourth-order valence-corrected chi connectivity index (χ4v) is 3.08. The Morgan fingerprint density at radius 1 is 0.875 bits per heavy atom. The van der Waals surface area contributed by atoms with Gasteiger partial charge in [0.05, 0.1) is 17.6 Å². The van der Waals surface area contributed by atoms with Gasteiger partial charge in [0.2, 0.25) is 0 Å². The average molecular weight is 343 g/mol. The van der Waals surface area contributed by atoms with E-state index in [1.807, 2.05) is 13.8 Å². The standard InChI is InChI=1S/C21H42O3/c1-12-15(2)23-16(3)13-17(4)24-18(22)21(11,20(8,9)10)14-19(5,6)7/h15-17H,12-14H2,1-11H3. The third-order valence-corrected chi connectivity index (χ3v) is 5.00. The number of esters is 1. The molecule has 0 aliphatic carbocycles. The van der Waals surface area contributed by atoms with Gasteiger partial charge in [0.15, 0.2) is 0 Å². The smallest absolute Gasteiger partial charge is 0.312 e. The Morgan fingerprint density at radius 2 is 1.38 bits per heavy atom. The van der Waals surface area contributed by atoms with Gasteiger partial charge in [-0.3, -0.25) is 4.79 Å². The Labute approximate surface area is 150 Å². The van der Waals surface area contributed by atoms with Crippen LogP contribution in [0.4, 0.5) is 0 Å². The molecule has 0 saturated heterocycles. The second-order valence-electron chi connectivity index (χ2n) is 9.94. The highest BCUT2D eigenvalue weighted by Gasteiger charge is 2.48. The molecular formula is C21H42O3. The van der Waals surface area contributed by atoms with E-state index in [1.54, 1.807) is 0 Å². The van der Waals surface area contributed by atoms with Gasteiger partial charge in [0.25, 0.3) is 0 Å². The van der Waals surface area contributed by atoms with E-state index in [0.29, 0.717) is 0 Å². The number of ether oxygens (including phenoxy) is 2. The fraction of sp³-hybridized carbons (Fsp3) is 0.952. The molecule has 4 unspecified atom stereocenters. The fourth-order valence-electron chi connectivity index (χ4n) is 3.08. The number of rotatable bonds is 8. The van der Waals surface area contributed by atoms with Gasteiger partial charge in [-0.1, -0.05) is 48.5 Å². The number of hydrogen-bond acceptors (Lipinski definition) is 3. The van der Waals surface area contributed by atoms with Crippen LogP contribution in [0, 0.1) is 16.2 Å². The van der Waals surface area contributed by atoms with Gasteiger partial charge in [-0.15, -0.1) is 0 Å². The van der Waals surface area contributed by atoms with Gasteiger partial charge in [0.1, 0.15) is 6.10 Å². The van der Waals surface area contributed by atoms with Crippen LogP contribution in [0.1, 0.15) is 95.4 Å². The summed E-state index contributed by atoms with van der Waals surface area (Å²) in [6, 6.07) is 0. The molecule has 24 heavy (non-hydrogen) atoms. The molecule has 0 fully saturated rings. The first-order valence-corrected chi connectivity index (χ1v) is 9.49. The summed E-state index contributed by atoms with van der Waals surface area (Å²) in [7, 11) is 0. The largest absolute Gasteiger partial charge is 0.462 e. The zero-order valence-corrected chi connectivity index (χ0v) is 18.1. The van der Waals surface area contributed by atoms with Crippen molar-refractivity contribution in [1.29, 1.82) is 0 Å². The molecule has 144 valence electrons. The molecule has 0 N–H and O–H groups in total. The van der Waals surface area contributed by atoms with E-state index in [4.69, 9.17) is 9.47 Å². The summed E-state index contributed by atoms with van der Waals surface area (Å²) in [5.41, 5.74) is -0.604. The first-order chi connectivity index (χ1) is 10.6. The SMILES string of the molecule is CCC(C)OC(C)CC(C)OC(=O)C(C)(CC(C)(C)C)C(C)(C)C. The monoisotopic (exact) mass is 342 g/mol. The minimum atomic E-state index is -0.514. The van der Waals surface area contributed by atoms with Crippen LogP contribution in [0.2, 0.25) is 0 Å². The van der Waals surface area contributed by atoms with Crippen LogP contribution in [0.5, 0.6) is 0 Å². The van der Waals surface area contributed by atoms with E-state index in [9.17, 15) is 4.79 Å². The van der Waals surface area contributed by atoms with Crippen molar-refractivity contribution in [3.05, 3.63) is 0 Å². The van der Waals surface area contributed by atoms with Crippen LogP contribution in [0.25, 0.3) is 0 Å². The summed E-state index contributed by atoms with van der Waals surface area (Å²) >= 11 is 0. The van der Waals surface area contributed by atoms with Gasteiger partial charge in [-0.05, 0) is 51.4 Å². The molecule has 0 aliphatic heterocycles. The molecule has 0 saturated carbocycles. The van der Waals surface area contributed by atoms with Crippen LogP contribution in [-0.2, 0) is 14.3 Å². The van der Waals surface area contributed by atoms with E-state index < -0.39 is 5.41 Å². The minimum Gasteiger partial charge on any atom is -0.462 e. The topological polar surface area (TPSA) is 35.5 Å². The zero-order valence-electron chi connectivity index (χ0n) is 18.1. The summed E-state index contributed by atoms with van der Waals surface area (Å²) in [5, 5.41) is 0. The molecule has 0 amide bonds. The lowest BCUT2D eigenvalue weighted by Crippen LogP contribution is -2.45. The zero-order chi connectivity index (χ0) is 19.3. The second-order valence-corrected chi connectivity index (χ2v) is 9.94. The Morgan fingerprint density at radius 3 is 1.75 bits per heavy atom. The highest BCUT2D eigenvalue weighted by atomic mass is 16.5. The van der Waals surface area contributed by atoms with E-state index in [0.717, 1.165) is 19.3 Å². The maximum atomic E-state index is 13.0. The molecule has 0 spiro atoms. The van der Waals surface area contributed by atoms with Gasteiger partial charge in [-0.2, -0.15) is 0 Å². The molecule has 0 bridgehead atoms. The summed E-state index contributed by atoms with van der Waals surface area (Å²) in [5.74, 6) is -0.0897. The summed E-state index contributed by atoms with van der Waals surface area (Å²) in [6.07, 6.45) is 2.71. The number of carbonyl (C=O) groups is 1. The summed E-state index contributed by atoms with van der Waals surface area (Å²) in [4.78, 5) is 13.0. The van der Waals surface area contributed by atoms with E-state index in [1.165, 1.54) is 0 Å². The van der Waals surface area contributed by atoms with Crippen molar-refractivity contribution in [3.63, 3.8) is 0 Å². The molecule has 0 aromatic rings. The molecule has 4 atom stereocenters. The number of carbonyl (C=O) groups excluding carboxylic acids is 1. The highest BCUT2D eigenvalue weighted by Crippen LogP contribution is 2.47. The van der Waals surface area contributed by atoms with E-state index in [-0.39, 0.29) is 35.1 Å². The van der Waals surface area contributed by atoms with Crippen molar-refractivity contribution < 1.29 is 14.3 Å². The Kier molecular flexibility index (Phi) is 8.48. The third-order valence-electron chi connectivity index (χ3n) is 5.00. The lowest BCUT2D eigenvalue weighted by Gasteiger charge is -2.44. The van der Waals surface area contributed by atoms with Gasteiger partial charge in [-0.25, -0.2) is 0 Å². The van der Waals surface area contributed by atoms with Crippen LogP contribution < -0.4 is 0 Å². The Hall–Kier alpha value is -0.570. The minimum absolute atomic E-state index is 0.0667. The van der Waals surface area contributed by atoms with Gasteiger partial charge < -0.3 is 9.47 Å². The predicted octanol–water partition coefficient (Wildman–Crippen LogP) is 6.00. The van der Waals surface area contributed by atoms with Crippen LogP contribution >= 0.6 is 0 Å². The third kappa shape index (κ3) is 7.55. The van der Waals surface area contributed by atoms with Crippen molar-refractivity contribution in [2.45, 2.75) is 114 Å². The molecule has 0 aromatic heterocycles. The van der Waals surface area contributed by atoms with Crippen molar-refractivity contribution in [2.75, 3.05) is 0 Å². The van der Waals surface area contributed by atoms with E-state index in [2.05, 4.69) is 62.3 Å². The predicted molar refractivity (Wildman–Crippen MR) is 102 cm³/mol. The van der Waals surface area contributed by atoms with E-state index >= 15 is 0 Å². The second kappa shape index (κ2) is 8.69. The van der Waals surface area contributed by atoms with Crippen LogP contribution in [0.15, 0.2) is 0 Å². The van der Waals surface area contributed by atoms with Gasteiger partial charge >= 0.3 is 5.97 Å². The molecule has 0 radical (unpaired) electrons.